The lowest BCUT2D eigenvalue weighted by molar-refractivity contribution is -0.154. The fourth-order valence-corrected chi connectivity index (χ4v) is 3.63. The van der Waals surface area contributed by atoms with Crippen molar-refractivity contribution < 1.29 is 27.5 Å². The molecule has 0 radical (unpaired) electrons. The molecule has 0 spiro atoms. The van der Waals surface area contributed by atoms with Crippen LogP contribution >= 0.6 is 0 Å². The number of pyridine rings is 1. The molecule has 2 aliphatic rings. The van der Waals surface area contributed by atoms with Gasteiger partial charge >= 0.3 is 6.18 Å². The highest BCUT2D eigenvalue weighted by molar-refractivity contribution is 5.94. The topological polar surface area (TPSA) is 62.7 Å². The summed E-state index contributed by atoms with van der Waals surface area (Å²) in [5, 5.41) is 0. The van der Waals surface area contributed by atoms with E-state index < -0.39 is 12.8 Å². The molecule has 0 aliphatic carbocycles. The summed E-state index contributed by atoms with van der Waals surface area (Å²) >= 11 is 0. The number of carbonyl (C=O) groups is 2. The Hall–Kier alpha value is -2.32. The standard InChI is InChI=1S/C19H24F3N3O3/c20-19(21,22)13-28-16-5-4-15(12-23-16)18(27)25-10-6-14(7-11-25)17(26)24-8-2-1-3-9-24/h4-5,12,14H,1-3,6-11,13H2. The van der Waals surface area contributed by atoms with Gasteiger partial charge in [0, 0.05) is 44.4 Å². The van der Waals surface area contributed by atoms with Crippen molar-refractivity contribution in [3.63, 3.8) is 0 Å². The first-order valence-corrected chi connectivity index (χ1v) is 9.57. The molecule has 0 aromatic carbocycles. The maximum Gasteiger partial charge on any atom is 0.422 e. The first kappa shape index (κ1) is 20.4. The predicted molar refractivity (Wildman–Crippen MR) is 94.8 cm³/mol. The molecule has 2 fully saturated rings. The molecule has 9 heteroatoms. The molecule has 154 valence electrons. The van der Waals surface area contributed by atoms with E-state index in [0.717, 1.165) is 25.9 Å². The number of hydrogen-bond acceptors (Lipinski definition) is 4. The quantitative estimate of drug-likeness (QED) is 0.781. The van der Waals surface area contributed by atoms with Crippen LogP contribution < -0.4 is 4.74 Å². The molecule has 1 aromatic heterocycles. The van der Waals surface area contributed by atoms with Gasteiger partial charge < -0.3 is 14.5 Å². The fourth-order valence-electron chi connectivity index (χ4n) is 3.63. The molecule has 2 amide bonds. The van der Waals surface area contributed by atoms with Gasteiger partial charge in [0.05, 0.1) is 5.56 Å². The first-order chi connectivity index (χ1) is 13.3. The van der Waals surface area contributed by atoms with E-state index in [0.29, 0.717) is 31.5 Å². The summed E-state index contributed by atoms with van der Waals surface area (Å²) in [5.74, 6) is -0.267. The highest BCUT2D eigenvalue weighted by Crippen LogP contribution is 2.23. The van der Waals surface area contributed by atoms with Crippen LogP contribution in [0.15, 0.2) is 18.3 Å². The van der Waals surface area contributed by atoms with Crippen molar-refractivity contribution in [2.45, 2.75) is 38.3 Å². The van der Waals surface area contributed by atoms with Crippen LogP contribution in [-0.2, 0) is 4.79 Å². The third-order valence-electron chi connectivity index (χ3n) is 5.17. The Labute approximate surface area is 161 Å². The minimum atomic E-state index is -4.44. The Balaban J connectivity index is 1.50. The van der Waals surface area contributed by atoms with Crippen molar-refractivity contribution >= 4 is 11.8 Å². The monoisotopic (exact) mass is 399 g/mol. The number of carbonyl (C=O) groups excluding carboxylic acids is 2. The van der Waals surface area contributed by atoms with E-state index in [1.165, 1.54) is 24.8 Å². The molecule has 0 N–H and O–H groups in total. The van der Waals surface area contributed by atoms with Crippen LogP contribution in [0.25, 0.3) is 0 Å². The summed E-state index contributed by atoms with van der Waals surface area (Å²) in [4.78, 5) is 32.5. The minimum Gasteiger partial charge on any atom is -0.468 e. The highest BCUT2D eigenvalue weighted by Gasteiger charge is 2.31. The molecule has 0 unspecified atom stereocenters. The second kappa shape index (κ2) is 8.79. The second-order valence-corrected chi connectivity index (χ2v) is 7.24. The van der Waals surface area contributed by atoms with E-state index in [1.54, 1.807) is 4.90 Å². The van der Waals surface area contributed by atoms with Crippen molar-refractivity contribution in [1.82, 2.24) is 14.8 Å². The van der Waals surface area contributed by atoms with Gasteiger partial charge in [-0.2, -0.15) is 13.2 Å². The molecule has 2 saturated heterocycles. The summed E-state index contributed by atoms with van der Waals surface area (Å²) in [6, 6.07) is 2.66. The zero-order chi connectivity index (χ0) is 20.1. The number of amides is 2. The third-order valence-corrected chi connectivity index (χ3v) is 5.17. The average molecular weight is 399 g/mol. The molecule has 0 atom stereocenters. The number of aromatic nitrogens is 1. The highest BCUT2D eigenvalue weighted by atomic mass is 19.4. The summed E-state index contributed by atoms with van der Waals surface area (Å²) in [6.45, 7) is 1.19. The molecule has 6 nitrogen and oxygen atoms in total. The second-order valence-electron chi connectivity index (χ2n) is 7.24. The normalized spacial score (nSPS) is 18.8. The van der Waals surface area contributed by atoms with Crippen LogP contribution in [0.3, 0.4) is 0 Å². The largest absolute Gasteiger partial charge is 0.468 e. The van der Waals surface area contributed by atoms with E-state index in [1.807, 2.05) is 4.90 Å². The molecule has 2 aliphatic heterocycles. The number of rotatable bonds is 4. The van der Waals surface area contributed by atoms with Gasteiger partial charge in [-0.05, 0) is 38.2 Å². The minimum absolute atomic E-state index is 0.0431. The molecular weight excluding hydrogens is 375 g/mol. The lowest BCUT2D eigenvalue weighted by Gasteiger charge is -2.35. The van der Waals surface area contributed by atoms with Gasteiger partial charge in [-0.25, -0.2) is 4.98 Å². The van der Waals surface area contributed by atoms with Crippen LogP contribution in [0.1, 0.15) is 42.5 Å². The maximum atomic E-state index is 12.6. The molecule has 3 heterocycles. The molecule has 3 rings (SSSR count). The molecule has 1 aromatic rings. The van der Waals surface area contributed by atoms with Crippen molar-refractivity contribution in [2.24, 2.45) is 5.92 Å². The van der Waals surface area contributed by atoms with Crippen LogP contribution in [-0.4, -0.2) is 65.6 Å². The third kappa shape index (κ3) is 5.36. The SMILES string of the molecule is O=C(c1ccc(OCC(F)(F)F)nc1)N1CCC(C(=O)N2CCCCC2)CC1. The molecule has 0 saturated carbocycles. The van der Waals surface area contributed by atoms with E-state index in [4.69, 9.17) is 0 Å². The van der Waals surface area contributed by atoms with Gasteiger partial charge in [-0.15, -0.1) is 0 Å². The average Bonchev–Trinajstić information content (AvgIpc) is 2.72. The van der Waals surface area contributed by atoms with Crippen LogP contribution in [0, 0.1) is 5.92 Å². The Kier molecular flexibility index (Phi) is 6.41. The number of likely N-dealkylation sites (tertiary alicyclic amines) is 2. The van der Waals surface area contributed by atoms with Crippen LogP contribution in [0.5, 0.6) is 5.88 Å². The van der Waals surface area contributed by atoms with Crippen LogP contribution in [0.4, 0.5) is 13.2 Å². The van der Waals surface area contributed by atoms with Gasteiger partial charge in [0.1, 0.15) is 0 Å². The Morgan fingerprint density at radius 3 is 2.29 bits per heavy atom. The Bertz CT molecular complexity index is 680. The molecule has 28 heavy (non-hydrogen) atoms. The van der Waals surface area contributed by atoms with Gasteiger partial charge in [0.2, 0.25) is 11.8 Å². The van der Waals surface area contributed by atoms with Gasteiger partial charge in [0.15, 0.2) is 6.61 Å². The van der Waals surface area contributed by atoms with Crippen molar-refractivity contribution in [3.05, 3.63) is 23.9 Å². The number of nitrogens with zero attached hydrogens (tertiary/aromatic N) is 3. The molecule has 0 bridgehead atoms. The number of hydrogen-bond donors (Lipinski definition) is 0. The van der Waals surface area contributed by atoms with E-state index >= 15 is 0 Å². The van der Waals surface area contributed by atoms with E-state index in [9.17, 15) is 22.8 Å². The van der Waals surface area contributed by atoms with Gasteiger partial charge in [-0.3, -0.25) is 9.59 Å². The smallest absolute Gasteiger partial charge is 0.422 e. The van der Waals surface area contributed by atoms with Gasteiger partial charge in [0.25, 0.3) is 5.91 Å². The summed E-state index contributed by atoms with van der Waals surface area (Å²) in [6.07, 6.45) is 1.32. The summed E-state index contributed by atoms with van der Waals surface area (Å²) in [5.41, 5.74) is 0.292. The zero-order valence-electron chi connectivity index (χ0n) is 15.6. The summed E-state index contributed by atoms with van der Waals surface area (Å²) < 4.78 is 41.0. The Morgan fingerprint density at radius 1 is 1.04 bits per heavy atom. The van der Waals surface area contributed by atoms with E-state index in [-0.39, 0.29) is 23.6 Å². The lowest BCUT2D eigenvalue weighted by atomic mass is 9.94. The molecular formula is C19H24F3N3O3. The first-order valence-electron chi connectivity index (χ1n) is 9.57. The summed E-state index contributed by atoms with van der Waals surface area (Å²) in [7, 11) is 0. The Morgan fingerprint density at radius 2 is 1.71 bits per heavy atom. The van der Waals surface area contributed by atoms with Crippen molar-refractivity contribution in [3.8, 4) is 5.88 Å². The maximum absolute atomic E-state index is 12.6. The van der Waals surface area contributed by atoms with E-state index in [2.05, 4.69) is 9.72 Å². The fraction of sp³-hybridized carbons (Fsp3) is 0.632. The van der Waals surface area contributed by atoms with Gasteiger partial charge in [-0.1, -0.05) is 0 Å². The predicted octanol–water partition coefficient (Wildman–Crippen LogP) is 2.89. The number of piperidine rings is 2. The van der Waals surface area contributed by atoms with Crippen molar-refractivity contribution in [1.29, 1.82) is 0 Å². The lowest BCUT2D eigenvalue weighted by Crippen LogP contribution is -2.45. The number of alkyl halides is 3. The van der Waals surface area contributed by atoms with Crippen molar-refractivity contribution in [2.75, 3.05) is 32.8 Å². The number of ether oxygens (including phenoxy) is 1. The van der Waals surface area contributed by atoms with Crippen LogP contribution in [0.2, 0.25) is 0 Å². The number of halogens is 3. The zero-order valence-corrected chi connectivity index (χ0v) is 15.6.